The second kappa shape index (κ2) is 15.0. The van der Waals surface area contributed by atoms with Crippen LogP contribution in [0.1, 0.15) is 80.8 Å². The molecule has 1 saturated heterocycles. The minimum absolute atomic E-state index is 0.0676. The Bertz CT molecular complexity index is 2130. The van der Waals surface area contributed by atoms with Gasteiger partial charge in [-0.1, -0.05) is 31.9 Å². The first kappa shape index (κ1) is 37.3. The van der Waals surface area contributed by atoms with Crippen molar-refractivity contribution in [3.8, 4) is 5.88 Å². The van der Waals surface area contributed by atoms with Crippen LogP contribution in [0.2, 0.25) is 0 Å². The zero-order valence-corrected chi connectivity index (χ0v) is 30.4. The molecule has 4 aliphatic rings. The van der Waals surface area contributed by atoms with Crippen molar-refractivity contribution in [3.63, 3.8) is 0 Å². The molecule has 2 aromatic heterocycles. The van der Waals surface area contributed by atoms with Gasteiger partial charge in [-0.3, -0.25) is 28.9 Å². The fraction of sp³-hybridized carbons (Fsp3) is 0.486. The van der Waals surface area contributed by atoms with Crippen LogP contribution in [0.4, 0.5) is 8.78 Å². The number of nitrogens with one attached hydrogen (secondary N) is 3. The topological polar surface area (TPSA) is 190 Å². The van der Waals surface area contributed by atoms with Crippen LogP contribution in [0.15, 0.2) is 48.8 Å². The number of benzene rings is 1. The molecule has 0 bridgehead atoms. The lowest BCUT2D eigenvalue weighted by atomic mass is 10.0. The van der Waals surface area contributed by atoms with Crippen LogP contribution >= 0.6 is 0 Å². The fourth-order valence-corrected chi connectivity index (χ4v) is 8.54. The maximum absolute atomic E-state index is 14.6. The molecule has 0 unspecified atom stereocenters. The number of pyridine rings is 1. The normalized spacial score (nSPS) is 26.8. The number of hydrogen-bond acceptors (Lipinski definition) is 10. The summed E-state index contributed by atoms with van der Waals surface area (Å²) in [5, 5.41) is 4.81. The third-order valence-electron chi connectivity index (χ3n) is 10.4. The summed E-state index contributed by atoms with van der Waals surface area (Å²) in [5.41, 5.74) is -0.697. The first-order chi connectivity index (χ1) is 25.9. The first-order valence-electron chi connectivity index (χ1n) is 18.3. The highest BCUT2D eigenvalue weighted by molar-refractivity contribution is 7.91. The Morgan fingerprint density at radius 1 is 1.07 bits per heavy atom. The molecule has 4 heterocycles. The van der Waals surface area contributed by atoms with E-state index in [1.807, 2.05) is 19.1 Å². The first-order valence-corrected chi connectivity index (χ1v) is 19.8. The second-order valence-corrected chi connectivity index (χ2v) is 16.3. The van der Waals surface area contributed by atoms with Crippen molar-refractivity contribution < 1.29 is 41.1 Å². The highest BCUT2D eigenvalue weighted by atomic mass is 32.2. The summed E-state index contributed by atoms with van der Waals surface area (Å²) in [6.07, 6.45) is 9.13. The average molecular weight is 766 g/mol. The molecule has 2 saturated carbocycles. The molecular weight excluding hydrogens is 725 g/mol. The van der Waals surface area contributed by atoms with E-state index in [2.05, 4.69) is 30.3 Å². The Labute approximate surface area is 310 Å². The predicted octanol–water partition coefficient (Wildman–Crippen LogP) is 3.02. The number of aromatic nitrogens is 3. The van der Waals surface area contributed by atoms with E-state index in [1.54, 1.807) is 0 Å². The Kier molecular flexibility index (Phi) is 10.3. The number of ether oxygens (including phenoxy) is 1. The molecule has 3 fully saturated rings. The van der Waals surface area contributed by atoms with Gasteiger partial charge in [0.05, 0.1) is 34.6 Å². The molecule has 1 aromatic carbocycles. The van der Waals surface area contributed by atoms with E-state index >= 15 is 0 Å². The maximum atomic E-state index is 14.6. The zero-order chi connectivity index (χ0) is 38.2. The van der Waals surface area contributed by atoms with Gasteiger partial charge in [0, 0.05) is 24.6 Å². The van der Waals surface area contributed by atoms with Crippen molar-refractivity contribution >= 4 is 44.7 Å². The lowest BCUT2D eigenvalue weighted by Gasteiger charge is -2.30. The highest BCUT2D eigenvalue weighted by Crippen LogP contribution is 2.46. The highest BCUT2D eigenvalue weighted by Gasteiger charge is 2.62. The van der Waals surface area contributed by atoms with Gasteiger partial charge in [-0.25, -0.2) is 27.2 Å². The number of nitrogens with zero attached hydrogens (tertiary/aromatic N) is 4. The molecule has 14 nitrogen and oxygen atoms in total. The molecule has 7 rings (SSSR count). The third-order valence-corrected chi connectivity index (χ3v) is 12.3. The molecule has 0 spiro atoms. The molecule has 2 aliphatic heterocycles. The van der Waals surface area contributed by atoms with Gasteiger partial charge in [0.1, 0.15) is 35.2 Å². The summed E-state index contributed by atoms with van der Waals surface area (Å²) >= 11 is 0. The monoisotopic (exact) mass is 765 g/mol. The van der Waals surface area contributed by atoms with Crippen LogP contribution in [0.25, 0.3) is 11.0 Å². The largest absolute Gasteiger partial charge is 0.471 e. The number of hydrogen-bond donors (Lipinski definition) is 3. The molecule has 54 heavy (non-hydrogen) atoms. The summed E-state index contributed by atoms with van der Waals surface area (Å²) in [5.74, 6) is -4.79. The van der Waals surface area contributed by atoms with Crippen LogP contribution in [0.3, 0.4) is 0 Å². The molecule has 0 radical (unpaired) electrons. The van der Waals surface area contributed by atoms with Gasteiger partial charge in [-0.2, -0.15) is 0 Å². The van der Waals surface area contributed by atoms with Gasteiger partial charge >= 0.3 is 0 Å². The Morgan fingerprint density at radius 2 is 1.89 bits per heavy atom. The van der Waals surface area contributed by atoms with Crippen LogP contribution < -0.4 is 20.1 Å². The summed E-state index contributed by atoms with van der Waals surface area (Å²) in [7, 11) is -3.94. The van der Waals surface area contributed by atoms with Crippen molar-refractivity contribution in [1.82, 2.24) is 35.2 Å². The Morgan fingerprint density at radius 3 is 2.65 bits per heavy atom. The SMILES string of the molecule is CCc1nc2ccc(F)cc2nc1O[C@@H]1C[C@H]2C(=O)N[C@]3(C(=O)NS(=O)(=O)C4CC4)C[C@H]3/C=C\CCCCC[C@H](NC(=O)c3ccncc3F)C(=O)N2C1. The van der Waals surface area contributed by atoms with Crippen molar-refractivity contribution in [3.05, 3.63) is 71.7 Å². The summed E-state index contributed by atoms with van der Waals surface area (Å²) in [4.78, 5) is 69.9. The van der Waals surface area contributed by atoms with Gasteiger partial charge < -0.3 is 20.3 Å². The molecular formula is C37H41F2N7O7S. The van der Waals surface area contributed by atoms with E-state index in [4.69, 9.17) is 4.74 Å². The van der Waals surface area contributed by atoms with E-state index in [9.17, 15) is 36.4 Å². The zero-order valence-electron chi connectivity index (χ0n) is 29.6. The van der Waals surface area contributed by atoms with Gasteiger partial charge in [0.2, 0.25) is 27.7 Å². The smallest absolute Gasteiger partial charge is 0.259 e. The number of halogens is 2. The van der Waals surface area contributed by atoms with Crippen LogP contribution in [0.5, 0.6) is 5.88 Å². The third kappa shape index (κ3) is 7.77. The number of amides is 4. The minimum atomic E-state index is -3.94. The summed E-state index contributed by atoms with van der Waals surface area (Å²) < 4.78 is 62.8. The van der Waals surface area contributed by atoms with Crippen molar-refractivity contribution in [2.24, 2.45) is 5.92 Å². The number of sulfonamides is 1. The van der Waals surface area contributed by atoms with Gasteiger partial charge in [0.25, 0.3) is 11.8 Å². The number of carbonyl (C=O) groups excluding carboxylic acids is 4. The summed E-state index contributed by atoms with van der Waals surface area (Å²) in [6.45, 7) is 1.70. The van der Waals surface area contributed by atoms with Gasteiger partial charge in [0.15, 0.2) is 5.82 Å². The number of fused-ring (bicyclic) bond motifs is 3. The summed E-state index contributed by atoms with van der Waals surface area (Å²) in [6, 6.07) is 2.81. The van der Waals surface area contributed by atoms with Crippen molar-refractivity contribution in [2.45, 2.75) is 100 Å². The van der Waals surface area contributed by atoms with E-state index in [0.29, 0.717) is 49.7 Å². The number of allylic oxidation sites excluding steroid dienone is 1. The molecule has 3 aromatic rings. The lowest BCUT2D eigenvalue weighted by Crippen LogP contribution is -2.58. The van der Waals surface area contributed by atoms with E-state index in [0.717, 1.165) is 12.6 Å². The fourth-order valence-electron chi connectivity index (χ4n) is 7.17. The average Bonchev–Trinajstić information content (AvgIpc) is 4.07. The predicted molar refractivity (Wildman–Crippen MR) is 190 cm³/mol. The molecule has 17 heteroatoms. The van der Waals surface area contributed by atoms with Gasteiger partial charge in [-0.15, -0.1) is 0 Å². The molecule has 2 aliphatic carbocycles. The molecule has 286 valence electrons. The van der Waals surface area contributed by atoms with Crippen LogP contribution in [-0.2, 0) is 30.8 Å². The van der Waals surface area contributed by atoms with E-state index in [-0.39, 0.29) is 42.8 Å². The van der Waals surface area contributed by atoms with Crippen molar-refractivity contribution in [1.29, 1.82) is 0 Å². The number of aryl methyl sites for hydroxylation is 1. The van der Waals surface area contributed by atoms with Gasteiger partial charge in [-0.05, 0) is 63.1 Å². The standard InChI is InChI=1S/C37H41F2N7O7S/c1-2-27-34(43-30-16-22(38)10-13-28(30)41-27)53-23-17-31-33(48)44-37(36(50)45-54(51,52)24-11-12-24)18-21(37)8-6-4-3-5-7-9-29(35(49)46(31)20-23)42-32(47)25-14-15-40-19-26(25)39/h6,8,10,13-16,19,21,23-24,29,31H,2-5,7,9,11-12,17-18,20H2,1H3,(H,42,47)(H,44,48)(H,45,50)/b8-6-/t21-,23-,29+,31+,37-/m1/s1. The Hall–Kier alpha value is -5.06. The molecule has 3 N–H and O–H groups in total. The maximum Gasteiger partial charge on any atom is 0.259 e. The number of rotatable bonds is 8. The van der Waals surface area contributed by atoms with Crippen LogP contribution in [0, 0.1) is 17.6 Å². The van der Waals surface area contributed by atoms with Crippen LogP contribution in [-0.4, -0.2) is 87.4 Å². The van der Waals surface area contributed by atoms with Crippen molar-refractivity contribution in [2.75, 3.05) is 6.54 Å². The second-order valence-electron chi connectivity index (χ2n) is 14.3. The Balaban J connectivity index is 1.21. The van der Waals surface area contributed by atoms with E-state index < -0.39 is 80.2 Å². The molecule has 4 amide bonds. The minimum Gasteiger partial charge on any atom is -0.471 e. The van der Waals surface area contributed by atoms with E-state index in [1.165, 1.54) is 35.4 Å². The quantitative estimate of drug-likeness (QED) is 0.288. The lowest BCUT2D eigenvalue weighted by molar-refractivity contribution is -0.141. The molecule has 5 atom stereocenters. The number of carbonyl (C=O) groups is 4.